The maximum atomic E-state index is 15.8. The van der Waals surface area contributed by atoms with Crippen LogP contribution in [0.5, 0.6) is 5.75 Å². The number of alkyl halides is 2. The Hall–Kier alpha value is -4.11. The van der Waals surface area contributed by atoms with Crippen molar-refractivity contribution in [2.45, 2.75) is 31.6 Å². The molecule has 45 heavy (non-hydrogen) atoms. The summed E-state index contributed by atoms with van der Waals surface area (Å²) in [6.07, 6.45) is 0.782. The van der Waals surface area contributed by atoms with Crippen molar-refractivity contribution in [3.05, 3.63) is 97.6 Å². The summed E-state index contributed by atoms with van der Waals surface area (Å²) in [5, 5.41) is 26.5. The highest BCUT2D eigenvalue weighted by atomic mass is 35.5. The molecule has 0 aliphatic heterocycles. The van der Waals surface area contributed by atoms with Gasteiger partial charge in [-0.05, 0) is 49.6 Å². The van der Waals surface area contributed by atoms with Gasteiger partial charge in [0, 0.05) is 39.4 Å². The van der Waals surface area contributed by atoms with Gasteiger partial charge >= 0.3 is 6.55 Å². The van der Waals surface area contributed by atoms with Gasteiger partial charge in [-0.25, -0.2) is 23.1 Å². The highest BCUT2D eigenvalue weighted by Gasteiger charge is 2.38. The van der Waals surface area contributed by atoms with E-state index in [4.69, 9.17) is 22.1 Å². The summed E-state index contributed by atoms with van der Waals surface area (Å²) in [7, 11) is 1.26. The molecule has 2 heterocycles. The van der Waals surface area contributed by atoms with Gasteiger partial charge in [0.15, 0.2) is 11.4 Å². The van der Waals surface area contributed by atoms with Gasteiger partial charge in [-0.1, -0.05) is 17.7 Å². The van der Waals surface area contributed by atoms with Gasteiger partial charge in [0.05, 0.1) is 35.7 Å². The molecular weight excluding hydrogens is 643 g/mol. The van der Waals surface area contributed by atoms with Crippen LogP contribution in [0, 0.1) is 17.5 Å². The minimum atomic E-state index is -3.03. The Balaban J connectivity index is 1.84. The predicted molar refractivity (Wildman–Crippen MR) is 160 cm³/mol. The zero-order chi connectivity index (χ0) is 33.3. The van der Waals surface area contributed by atoms with E-state index in [1.54, 1.807) is 11.4 Å². The summed E-state index contributed by atoms with van der Waals surface area (Å²) < 4.78 is 75.2. The van der Waals surface area contributed by atoms with E-state index < -0.39 is 69.5 Å². The summed E-state index contributed by atoms with van der Waals surface area (Å²) in [5.74, 6) is -4.28. The molecule has 0 radical (unpaired) electrons. The molecule has 0 fully saturated rings. The van der Waals surface area contributed by atoms with E-state index in [2.05, 4.69) is 15.3 Å². The number of halogens is 6. The van der Waals surface area contributed by atoms with E-state index in [1.807, 2.05) is 0 Å². The number of carbonyl (C=O) groups excluding carboxylic acids is 1. The summed E-state index contributed by atoms with van der Waals surface area (Å²) in [5.41, 5.74) is -0.263. The molecule has 2 aromatic heterocycles. The lowest BCUT2D eigenvalue weighted by Crippen LogP contribution is -2.42. The molecule has 0 spiro atoms. The third kappa shape index (κ3) is 7.09. The molecule has 0 saturated heterocycles. The Labute approximate surface area is 263 Å². The van der Waals surface area contributed by atoms with Gasteiger partial charge < -0.3 is 26.0 Å². The third-order valence-electron chi connectivity index (χ3n) is 6.72. The number of methoxy groups -OCH3 is 1. The molecule has 0 aliphatic rings. The number of aliphatic imine (C=N–C) groups is 1. The highest BCUT2D eigenvalue weighted by molar-refractivity contribution is 7.10. The van der Waals surface area contributed by atoms with Gasteiger partial charge in [-0.2, -0.15) is 8.78 Å². The molecule has 0 unspecified atom stereocenters. The molecule has 4 rings (SSSR count). The van der Waals surface area contributed by atoms with Crippen LogP contribution >= 0.6 is 22.9 Å². The Kier molecular flexibility index (Phi) is 9.82. The second-order valence-corrected chi connectivity index (χ2v) is 11.6. The lowest BCUT2D eigenvalue weighted by Gasteiger charge is -2.30. The summed E-state index contributed by atoms with van der Waals surface area (Å²) in [6.45, 7) is -1.13. The van der Waals surface area contributed by atoms with Crippen molar-refractivity contribution < 1.29 is 41.7 Å². The van der Waals surface area contributed by atoms with Crippen LogP contribution in [0.4, 0.5) is 27.6 Å². The number of nitrogen functional groups attached to an aromatic ring is 1. The van der Waals surface area contributed by atoms with Crippen molar-refractivity contribution in [3.8, 4) is 17.0 Å². The van der Waals surface area contributed by atoms with Crippen molar-refractivity contribution >= 4 is 40.7 Å². The number of rotatable bonds is 10. The zero-order valence-electron chi connectivity index (χ0n) is 23.8. The number of carbonyl (C=O) groups is 1. The SMILES string of the molecule is COc1cc(C(=O)NC[C@](O)(c2cc(C(C)(C)O)c(F)c(-c3cc(Cl)c(F)cc3F)n2)c2cccs2)cc(C=NC(F)F)c1N. The number of nitrogens with one attached hydrogen (secondary N) is 1. The second-order valence-electron chi connectivity index (χ2n) is 10.3. The molecule has 5 N–H and O–H groups in total. The van der Waals surface area contributed by atoms with Crippen LogP contribution in [0.25, 0.3) is 11.3 Å². The number of anilines is 1. The average molecular weight is 669 g/mol. The number of ether oxygens (including phenoxy) is 1. The largest absolute Gasteiger partial charge is 0.495 e. The standard InChI is InChI=1S/C30H26ClF5N4O4S/c1-29(2,42)17-10-22(40-26(24(17)34)16-9-18(31)20(33)11-19(16)32)30(43,23-5-4-6-45-23)13-39-27(41)14-7-15(12-38-28(35)36)25(37)21(8-14)44-3/h4-12,28,42-43H,13,37H2,1-3H3,(H,39,41)/t30-/m0/s1. The first-order valence-electron chi connectivity index (χ1n) is 13.0. The molecule has 1 atom stereocenters. The van der Waals surface area contributed by atoms with Gasteiger partial charge in [-0.3, -0.25) is 4.79 Å². The summed E-state index contributed by atoms with van der Waals surface area (Å²) in [4.78, 5) is 20.7. The van der Waals surface area contributed by atoms with Crippen molar-refractivity contribution in [1.82, 2.24) is 10.3 Å². The Morgan fingerprint density at radius 3 is 2.49 bits per heavy atom. The average Bonchev–Trinajstić information content (AvgIpc) is 3.52. The van der Waals surface area contributed by atoms with Crippen LogP contribution in [0.1, 0.15) is 45.9 Å². The molecule has 0 aliphatic carbocycles. The van der Waals surface area contributed by atoms with E-state index in [1.165, 1.54) is 39.2 Å². The monoisotopic (exact) mass is 668 g/mol. The summed E-state index contributed by atoms with van der Waals surface area (Å²) >= 11 is 6.90. The van der Waals surface area contributed by atoms with Crippen LogP contribution in [0.3, 0.4) is 0 Å². The Morgan fingerprint density at radius 1 is 1.18 bits per heavy atom. The number of thiophene rings is 1. The topological polar surface area (TPSA) is 130 Å². The van der Waals surface area contributed by atoms with E-state index in [0.717, 1.165) is 29.7 Å². The second kappa shape index (κ2) is 13.1. The van der Waals surface area contributed by atoms with Gasteiger partial charge in [0.1, 0.15) is 23.1 Å². The summed E-state index contributed by atoms with van der Waals surface area (Å²) in [6, 6.07) is 7.87. The Bertz CT molecular complexity index is 1770. The molecular formula is C30H26ClF5N4O4S. The molecule has 8 nitrogen and oxygen atoms in total. The number of hydrogen-bond acceptors (Lipinski definition) is 8. The lowest BCUT2D eigenvalue weighted by molar-refractivity contribution is 0.0644. The molecule has 238 valence electrons. The molecule has 0 saturated carbocycles. The molecule has 1 amide bonds. The zero-order valence-corrected chi connectivity index (χ0v) is 25.4. The van der Waals surface area contributed by atoms with Gasteiger partial charge in [-0.15, -0.1) is 11.3 Å². The predicted octanol–water partition coefficient (Wildman–Crippen LogP) is 6.01. The number of nitrogens with two attached hydrogens (primary N) is 1. The fourth-order valence-electron chi connectivity index (χ4n) is 4.39. The quantitative estimate of drug-likeness (QED) is 0.0539. The smallest absolute Gasteiger partial charge is 0.331 e. The van der Waals surface area contributed by atoms with Crippen molar-refractivity contribution in [1.29, 1.82) is 0 Å². The van der Waals surface area contributed by atoms with Crippen molar-refractivity contribution in [3.63, 3.8) is 0 Å². The molecule has 2 aromatic carbocycles. The number of hydrogen-bond donors (Lipinski definition) is 4. The van der Waals surface area contributed by atoms with E-state index in [0.29, 0.717) is 6.07 Å². The van der Waals surface area contributed by atoms with Crippen LogP contribution in [0.2, 0.25) is 5.02 Å². The van der Waals surface area contributed by atoms with Crippen LogP contribution < -0.4 is 15.8 Å². The fraction of sp³-hybridized carbons (Fsp3) is 0.233. The minimum absolute atomic E-state index is 0.00784. The number of amides is 1. The van der Waals surface area contributed by atoms with Crippen LogP contribution in [0.15, 0.2) is 52.8 Å². The van der Waals surface area contributed by atoms with Crippen molar-refractivity contribution in [2.75, 3.05) is 19.4 Å². The van der Waals surface area contributed by atoms with Crippen LogP contribution in [-0.4, -0.2) is 47.5 Å². The van der Waals surface area contributed by atoms with Gasteiger partial charge in [0.2, 0.25) is 0 Å². The van der Waals surface area contributed by atoms with Crippen LogP contribution in [-0.2, 0) is 11.2 Å². The number of aromatic nitrogens is 1. The maximum Gasteiger partial charge on any atom is 0.331 e. The third-order valence-corrected chi connectivity index (χ3v) is 8.03. The van der Waals surface area contributed by atoms with E-state index >= 15 is 4.39 Å². The highest BCUT2D eigenvalue weighted by Crippen LogP contribution is 2.39. The minimum Gasteiger partial charge on any atom is -0.495 e. The van der Waals surface area contributed by atoms with Gasteiger partial charge in [0.25, 0.3) is 5.91 Å². The van der Waals surface area contributed by atoms with E-state index in [-0.39, 0.29) is 33.1 Å². The lowest BCUT2D eigenvalue weighted by atomic mass is 9.89. The molecule has 0 bridgehead atoms. The number of benzene rings is 2. The fourth-order valence-corrected chi connectivity index (χ4v) is 5.38. The molecule has 15 heteroatoms. The molecule has 4 aromatic rings. The first-order valence-corrected chi connectivity index (χ1v) is 14.2. The number of aliphatic hydroxyl groups is 2. The normalized spacial score (nSPS) is 13.3. The Morgan fingerprint density at radius 2 is 1.89 bits per heavy atom. The number of pyridine rings is 1. The number of nitrogens with zero attached hydrogens (tertiary/aromatic N) is 2. The van der Waals surface area contributed by atoms with Crippen molar-refractivity contribution in [2.24, 2.45) is 4.99 Å². The first kappa shape index (κ1) is 33.8. The van der Waals surface area contributed by atoms with E-state index in [9.17, 15) is 32.6 Å². The first-order chi connectivity index (χ1) is 21.1. The maximum absolute atomic E-state index is 15.8.